The molecule has 1 fully saturated rings. The van der Waals surface area contributed by atoms with Crippen molar-refractivity contribution in [3.05, 3.63) is 53.7 Å². The van der Waals surface area contributed by atoms with Crippen LogP contribution in [0.2, 0.25) is 0 Å². The van der Waals surface area contributed by atoms with Gasteiger partial charge >= 0.3 is 6.03 Å². The van der Waals surface area contributed by atoms with Crippen LogP contribution in [0.15, 0.2) is 47.5 Å². The average molecular weight is 418 g/mol. The highest BCUT2D eigenvalue weighted by atomic mass is 32.2. The van der Waals surface area contributed by atoms with Gasteiger partial charge in [0.25, 0.3) is 0 Å². The highest BCUT2D eigenvalue weighted by Crippen LogP contribution is 2.17. The fourth-order valence-electron chi connectivity index (χ4n) is 3.20. The van der Waals surface area contributed by atoms with Crippen LogP contribution >= 0.6 is 0 Å². The standard InChI is InChI=1S/C20H27N5O3S/c1-21-29(27,28)18-7-5-6-16(12-18)13-23-20(26)24-15-17-8-9-19(22-14-17)25-10-3-2-4-11-25/h5-9,12,14,21H,2-4,10-11,13,15H2,1H3,(H2,23,24,26). The van der Waals surface area contributed by atoms with E-state index < -0.39 is 10.0 Å². The van der Waals surface area contributed by atoms with E-state index in [1.165, 1.54) is 38.4 Å². The zero-order valence-electron chi connectivity index (χ0n) is 16.5. The maximum Gasteiger partial charge on any atom is 0.315 e. The summed E-state index contributed by atoms with van der Waals surface area (Å²) in [5.41, 5.74) is 1.62. The van der Waals surface area contributed by atoms with Crippen molar-refractivity contribution < 1.29 is 13.2 Å². The van der Waals surface area contributed by atoms with Crippen LogP contribution in [0.4, 0.5) is 10.6 Å². The fraction of sp³-hybridized carbons (Fsp3) is 0.400. The maximum atomic E-state index is 12.1. The summed E-state index contributed by atoms with van der Waals surface area (Å²) in [6.07, 6.45) is 5.48. The van der Waals surface area contributed by atoms with Gasteiger partial charge in [0.05, 0.1) is 4.90 Å². The second-order valence-corrected chi connectivity index (χ2v) is 8.85. The van der Waals surface area contributed by atoms with Crippen LogP contribution in [0.25, 0.3) is 0 Å². The van der Waals surface area contributed by atoms with E-state index in [-0.39, 0.29) is 17.5 Å². The summed E-state index contributed by atoms with van der Waals surface area (Å²) in [6, 6.07) is 10.1. The third kappa shape index (κ3) is 5.91. The monoisotopic (exact) mass is 417 g/mol. The van der Waals surface area contributed by atoms with E-state index in [4.69, 9.17) is 0 Å². The third-order valence-electron chi connectivity index (χ3n) is 4.87. The first kappa shape index (κ1) is 21.1. The largest absolute Gasteiger partial charge is 0.357 e. The molecule has 8 nitrogen and oxygen atoms in total. The molecule has 0 bridgehead atoms. The summed E-state index contributed by atoms with van der Waals surface area (Å²) >= 11 is 0. The molecule has 0 aliphatic carbocycles. The molecule has 0 atom stereocenters. The molecule has 0 unspecified atom stereocenters. The van der Waals surface area contributed by atoms with Crippen LogP contribution in [-0.2, 0) is 23.1 Å². The molecule has 1 aliphatic rings. The van der Waals surface area contributed by atoms with Crippen molar-refractivity contribution in [1.82, 2.24) is 20.3 Å². The number of piperidine rings is 1. The van der Waals surface area contributed by atoms with Gasteiger partial charge in [0, 0.05) is 32.4 Å². The predicted octanol–water partition coefficient (Wildman–Crippen LogP) is 1.98. The van der Waals surface area contributed by atoms with Gasteiger partial charge < -0.3 is 15.5 Å². The predicted molar refractivity (Wildman–Crippen MR) is 112 cm³/mol. The summed E-state index contributed by atoms with van der Waals surface area (Å²) in [5.74, 6) is 0.981. The smallest absolute Gasteiger partial charge is 0.315 e. The van der Waals surface area contributed by atoms with E-state index in [9.17, 15) is 13.2 Å². The van der Waals surface area contributed by atoms with Crippen LogP contribution in [-0.4, -0.2) is 39.6 Å². The number of hydrogen-bond donors (Lipinski definition) is 3. The Kier molecular flexibility index (Phi) is 7.05. The fourth-order valence-corrected chi connectivity index (χ4v) is 4.00. The number of rotatable bonds is 7. The molecular weight excluding hydrogens is 390 g/mol. The Balaban J connectivity index is 1.47. The molecule has 2 heterocycles. The quantitative estimate of drug-likeness (QED) is 0.639. The normalized spacial score (nSPS) is 14.4. The lowest BCUT2D eigenvalue weighted by atomic mass is 10.1. The summed E-state index contributed by atoms with van der Waals surface area (Å²) < 4.78 is 26.0. The van der Waals surface area contributed by atoms with Crippen molar-refractivity contribution in [3.8, 4) is 0 Å². The molecule has 0 saturated carbocycles. The number of amides is 2. The highest BCUT2D eigenvalue weighted by molar-refractivity contribution is 7.89. The van der Waals surface area contributed by atoms with Crippen molar-refractivity contribution in [2.75, 3.05) is 25.0 Å². The lowest BCUT2D eigenvalue weighted by molar-refractivity contribution is 0.240. The van der Waals surface area contributed by atoms with Gasteiger partial charge in [0.15, 0.2) is 0 Å². The van der Waals surface area contributed by atoms with Crippen LogP contribution < -0.4 is 20.3 Å². The van der Waals surface area contributed by atoms with E-state index in [1.807, 2.05) is 12.1 Å². The zero-order valence-corrected chi connectivity index (χ0v) is 17.3. The third-order valence-corrected chi connectivity index (χ3v) is 6.28. The minimum absolute atomic E-state index is 0.166. The summed E-state index contributed by atoms with van der Waals surface area (Å²) in [7, 11) is -2.14. The molecule has 2 aromatic rings. The lowest BCUT2D eigenvalue weighted by Gasteiger charge is -2.27. The second-order valence-electron chi connectivity index (χ2n) is 6.96. The Morgan fingerprint density at radius 1 is 1.03 bits per heavy atom. The van der Waals surface area contributed by atoms with Crippen molar-refractivity contribution in [2.24, 2.45) is 0 Å². The topological polar surface area (TPSA) is 103 Å². The Bertz CT molecular complexity index is 925. The summed E-state index contributed by atoms with van der Waals surface area (Å²) in [4.78, 5) is 19.0. The average Bonchev–Trinajstić information content (AvgIpc) is 2.77. The number of pyridine rings is 1. The highest BCUT2D eigenvalue weighted by Gasteiger charge is 2.13. The van der Waals surface area contributed by atoms with Crippen molar-refractivity contribution in [3.63, 3.8) is 0 Å². The molecule has 9 heteroatoms. The first-order valence-electron chi connectivity index (χ1n) is 9.72. The molecular formula is C20H27N5O3S. The van der Waals surface area contributed by atoms with Crippen molar-refractivity contribution in [1.29, 1.82) is 0 Å². The number of carbonyl (C=O) groups excluding carboxylic acids is 1. The van der Waals surface area contributed by atoms with Crippen LogP contribution in [0, 0.1) is 0 Å². The molecule has 3 rings (SSSR count). The van der Waals surface area contributed by atoms with E-state index in [2.05, 4.69) is 25.2 Å². The van der Waals surface area contributed by atoms with Crippen LogP contribution in [0.3, 0.4) is 0 Å². The number of nitrogens with zero attached hydrogens (tertiary/aromatic N) is 2. The van der Waals surface area contributed by atoms with Gasteiger partial charge in [0.2, 0.25) is 10.0 Å². The summed E-state index contributed by atoms with van der Waals surface area (Å²) in [6.45, 7) is 2.69. The molecule has 156 valence electrons. The Morgan fingerprint density at radius 3 is 2.41 bits per heavy atom. The van der Waals surface area contributed by atoms with Crippen LogP contribution in [0.1, 0.15) is 30.4 Å². The van der Waals surface area contributed by atoms with Crippen LogP contribution in [0.5, 0.6) is 0 Å². The molecule has 1 aromatic carbocycles. The number of aromatic nitrogens is 1. The van der Waals surface area contributed by atoms with Gasteiger partial charge in [-0.05, 0) is 55.6 Å². The molecule has 3 N–H and O–H groups in total. The number of urea groups is 1. The number of benzene rings is 1. The first-order chi connectivity index (χ1) is 14.0. The van der Waals surface area contributed by atoms with Gasteiger partial charge in [-0.15, -0.1) is 0 Å². The number of sulfonamides is 1. The minimum atomic E-state index is -3.51. The van der Waals surface area contributed by atoms with Crippen molar-refractivity contribution >= 4 is 21.9 Å². The Morgan fingerprint density at radius 2 is 1.76 bits per heavy atom. The molecule has 0 radical (unpaired) electrons. The Labute approximate surface area is 171 Å². The number of anilines is 1. The van der Waals surface area contributed by atoms with Crippen molar-refractivity contribution in [2.45, 2.75) is 37.2 Å². The molecule has 29 heavy (non-hydrogen) atoms. The maximum absolute atomic E-state index is 12.1. The molecule has 1 aromatic heterocycles. The molecule has 1 saturated heterocycles. The number of carbonyl (C=O) groups is 1. The second kappa shape index (κ2) is 9.71. The lowest BCUT2D eigenvalue weighted by Crippen LogP contribution is -2.34. The SMILES string of the molecule is CNS(=O)(=O)c1cccc(CNC(=O)NCc2ccc(N3CCCCC3)nc2)c1. The van der Waals surface area contributed by atoms with E-state index in [0.717, 1.165) is 24.5 Å². The van der Waals surface area contributed by atoms with Gasteiger partial charge in [-0.1, -0.05) is 18.2 Å². The van der Waals surface area contributed by atoms with Gasteiger partial charge in [0.1, 0.15) is 5.82 Å². The minimum Gasteiger partial charge on any atom is -0.357 e. The first-order valence-corrected chi connectivity index (χ1v) is 11.2. The van der Waals surface area contributed by atoms with E-state index >= 15 is 0 Å². The molecule has 2 amide bonds. The zero-order chi connectivity index (χ0) is 20.7. The molecule has 0 spiro atoms. The number of hydrogen-bond acceptors (Lipinski definition) is 5. The number of nitrogens with one attached hydrogen (secondary N) is 3. The molecule has 1 aliphatic heterocycles. The summed E-state index contributed by atoms with van der Waals surface area (Å²) in [5, 5.41) is 5.53. The van der Waals surface area contributed by atoms with E-state index in [1.54, 1.807) is 18.3 Å². The van der Waals surface area contributed by atoms with Gasteiger partial charge in [-0.25, -0.2) is 22.9 Å². The van der Waals surface area contributed by atoms with E-state index in [0.29, 0.717) is 12.1 Å². The van der Waals surface area contributed by atoms with Gasteiger partial charge in [-0.2, -0.15) is 0 Å². The Hall–Kier alpha value is -2.65. The van der Waals surface area contributed by atoms with Gasteiger partial charge in [-0.3, -0.25) is 0 Å².